The lowest BCUT2D eigenvalue weighted by Gasteiger charge is -2.29. The number of hydrogen-bond donors (Lipinski definition) is 1. The quantitative estimate of drug-likeness (QED) is 0.478. The largest absolute Gasteiger partial charge is 0.492 e. The predicted molar refractivity (Wildman–Crippen MR) is 139 cm³/mol. The summed E-state index contributed by atoms with van der Waals surface area (Å²) in [4.78, 5) is 53.2. The highest BCUT2D eigenvalue weighted by molar-refractivity contribution is 6.05. The van der Waals surface area contributed by atoms with Crippen molar-refractivity contribution in [3.63, 3.8) is 0 Å². The molecule has 0 saturated carbocycles. The Morgan fingerprint density at radius 3 is 2.71 bits per heavy atom. The highest BCUT2D eigenvalue weighted by atomic mass is 16.5. The predicted octanol–water partition coefficient (Wildman–Crippen LogP) is 1.90. The molecule has 2 aromatic rings. The summed E-state index contributed by atoms with van der Waals surface area (Å²) in [5.74, 6) is -0.000936. The van der Waals surface area contributed by atoms with E-state index in [1.54, 1.807) is 6.07 Å². The topological polar surface area (TPSA) is 105 Å². The molecule has 1 N–H and O–H groups in total. The van der Waals surface area contributed by atoms with Crippen LogP contribution in [0.4, 0.5) is 0 Å². The molecular formula is C29H33N3O6. The van der Waals surface area contributed by atoms with E-state index in [1.165, 1.54) is 4.90 Å². The summed E-state index contributed by atoms with van der Waals surface area (Å²) >= 11 is 0. The van der Waals surface area contributed by atoms with E-state index >= 15 is 0 Å². The van der Waals surface area contributed by atoms with E-state index in [0.717, 1.165) is 55.3 Å². The number of nitrogens with zero attached hydrogens (tertiary/aromatic N) is 2. The number of fused-ring (bicyclic) bond motifs is 1. The van der Waals surface area contributed by atoms with Gasteiger partial charge in [-0.2, -0.15) is 0 Å². The van der Waals surface area contributed by atoms with Gasteiger partial charge in [0.05, 0.1) is 13.2 Å². The van der Waals surface area contributed by atoms with Crippen LogP contribution in [0.3, 0.4) is 0 Å². The van der Waals surface area contributed by atoms with Crippen molar-refractivity contribution in [1.29, 1.82) is 0 Å². The Hall–Kier alpha value is -3.56. The van der Waals surface area contributed by atoms with Gasteiger partial charge in [0.15, 0.2) is 0 Å². The SMILES string of the molecule is O=C(CCc1ccc2c(c1)CN(C1CCC(=O)NC1=O)C2=O)Cc1cccc(OCCN2CCOCC2)c1. The number of amides is 3. The van der Waals surface area contributed by atoms with Crippen LogP contribution in [0.1, 0.15) is 46.3 Å². The molecule has 0 aromatic heterocycles. The van der Waals surface area contributed by atoms with E-state index in [0.29, 0.717) is 44.4 Å². The zero-order valence-electron chi connectivity index (χ0n) is 21.4. The lowest BCUT2D eigenvalue weighted by atomic mass is 9.99. The van der Waals surface area contributed by atoms with Crippen LogP contribution < -0.4 is 10.1 Å². The van der Waals surface area contributed by atoms with Gasteiger partial charge in [-0.1, -0.05) is 24.3 Å². The summed E-state index contributed by atoms with van der Waals surface area (Å²) in [6.07, 6.45) is 1.88. The number of ketones is 1. The van der Waals surface area contributed by atoms with Crippen molar-refractivity contribution in [2.45, 2.75) is 44.7 Å². The Morgan fingerprint density at radius 2 is 1.89 bits per heavy atom. The number of carbonyl (C=O) groups is 4. The third-order valence-corrected chi connectivity index (χ3v) is 7.36. The minimum absolute atomic E-state index is 0.136. The number of benzene rings is 2. The van der Waals surface area contributed by atoms with Crippen molar-refractivity contribution in [3.8, 4) is 5.75 Å². The standard InChI is InChI=1S/C29H33N3O6/c33-23(17-21-2-1-3-24(18-21)38-15-12-31-10-13-37-14-11-31)6-4-20-5-7-25-22(16-20)19-32(29(25)36)26-8-9-27(34)30-28(26)35/h1-3,5,7,16,18,26H,4,6,8-15,17,19H2,(H,30,34,35). The van der Waals surface area contributed by atoms with Crippen LogP contribution in [-0.2, 0) is 38.5 Å². The molecule has 3 amide bonds. The molecule has 200 valence electrons. The van der Waals surface area contributed by atoms with E-state index in [2.05, 4.69) is 10.2 Å². The molecule has 9 heteroatoms. The molecule has 2 saturated heterocycles. The average Bonchev–Trinajstić information content (AvgIpc) is 3.23. The molecule has 2 fully saturated rings. The maximum atomic E-state index is 12.9. The molecule has 9 nitrogen and oxygen atoms in total. The third kappa shape index (κ3) is 6.28. The number of aryl methyl sites for hydroxylation is 1. The lowest BCUT2D eigenvalue weighted by Crippen LogP contribution is -2.52. The number of Topliss-reactive ketones (excluding diaryl/α,β-unsaturated/α-hetero) is 1. The molecule has 0 bridgehead atoms. The number of carbonyl (C=O) groups excluding carboxylic acids is 4. The molecule has 0 aliphatic carbocycles. The summed E-state index contributed by atoms with van der Waals surface area (Å²) in [5.41, 5.74) is 3.34. The molecule has 0 radical (unpaired) electrons. The first kappa shape index (κ1) is 26.1. The second-order valence-corrected chi connectivity index (χ2v) is 10.1. The fourth-order valence-corrected chi connectivity index (χ4v) is 5.25. The first-order valence-electron chi connectivity index (χ1n) is 13.3. The molecule has 3 heterocycles. The van der Waals surface area contributed by atoms with E-state index in [-0.39, 0.29) is 24.0 Å². The van der Waals surface area contributed by atoms with Gasteiger partial charge in [0.25, 0.3) is 5.91 Å². The van der Waals surface area contributed by atoms with Crippen molar-refractivity contribution < 1.29 is 28.7 Å². The van der Waals surface area contributed by atoms with E-state index in [9.17, 15) is 19.2 Å². The summed E-state index contributed by atoms with van der Waals surface area (Å²) in [7, 11) is 0. The molecule has 38 heavy (non-hydrogen) atoms. The zero-order valence-corrected chi connectivity index (χ0v) is 21.4. The maximum Gasteiger partial charge on any atom is 0.255 e. The van der Waals surface area contributed by atoms with E-state index < -0.39 is 11.9 Å². The van der Waals surface area contributed by atoms with Gasteiger partial charge in [-0.05, 0) is 47.7 Å². The van der Waals surface area contributed by atoms with E-state index in [1.807, 2.05) is 36.4 Å². The van der Waals surface area contributed by atoms with Gasteiger partial charge in [-0.25, -0.2) is 0 Å². The zero-order chi connectivity index (χ0) is 26.5. The molecule has 1 atom stereocenters. The van der Waals surface area contributed by atoms with Crippen molar-refractivity contribution in [2.24, 2.45) is 0 Å². The van der Waals surface area contributed by atoms with Gasteiger partial charge in [-0.15, -0.1) is 0 Å². The third-order valence-electron chi connectivity index (χ3n) is 7.36. The molecular weight excluding hydrogens is 486 g/mol. The maximum absolute atomic E-state index is 12.9. The van der Waals surface area contributed by atoms with Gasteiger partial charge in [0, 0.05) is 51.0 Å². The monoisotopic (exact) mass is 519 g/mol. The Bertz CT molecular complexity index is 1220. The van der Waals surface area contributed by atoms with Crippen molar-refractivity contribution >= 4 is 23.5 Å². The van der Waals surface area contributed by atoms with Gasteiger partial charge >= 0.3 is 0 Å². The molecule has 5 rings (SSSR count). The van der Waals surface area contributed by atoms with Crippen LogP contribution in [0.15, 0.2) is 42.5 Å². The Kier molecular flexibility index (Phi) is 8.14. The second-order valence-electron chi connectivity index (χ2n) is 10.1. The van der Waals surface area contributed by atoms with Crippen LogP contribution in [0, 0.1) is 0 Å². The summed E-state index contributed by atoms with van der Waals surface area (Å²) in [6.45, 7) is 5.17. The highest BCUT2D eigenvalue weighted by Crippen LogP contribution is 2.28. The summed E-state index contributed by atoms with van der Waals surface area (Å²) < 4.78 is 11.3. The lowest BCUT2D eigenvalue weighted by molar-refractivity contribution is -0.137. The highest BCUT2D eigenvalue weighted by Gasteiger charge is 2.39. The first-order valence-corrected chi connectivity index (χ1v) is 13.3. The average molecular weight is 520 g/mol. The second kappa shape index (κ2) is 11.9. The fraction of sp³-hybridized carbons (Fsp3) is 0.448. The molecule has 3 aliphatic heterocycles. The Morgan fingerprint density at radius 1 is 1.05 bits per heavy atom. The Labute approximate surface area is 222 Å². The van der Waals surface area contributed by atoms with Crippen molar-refractivity contribution in [3.05, 3.63) is 64.7 Å². The molecule has 2 aromatic carbocycles. The van der Waals surface area contributed by atoms with Gasteiger partial charge in [-0.3, -0.25) is 29.4 Å². The van der Waals surface area contributed by atoms with Gasteiger partial charge < -0.3 is 14.4 Å². The smallest absolute Gasteiger partial charge is 0.255 e. The van der Waals surface area contributed by atoms with Crippen LogP contribution in [0.5, 0.6) is 5.75 Å². The first-order chi connectivity index (χ1) is 18.5. The van der Waals surface area contributed by atoms with E-state index in [4.69, 9.17) is 9.47 Å². The minimum Gasteiger partial charge on any atom is -0.492 e. The number of rotatable bonds is 10. The number of imide groups is 1. The molecule has 3 aliphatic rings. The molecule has 0 spiro atoms. The van der Waals surface area contributed by atoms with Crippen LogP contribution in [0.2, 0.25) is 0 Å². The number of nitrogens with one attached hydrogen (secondary N) is 1. The van der Waals surface area contributed by atoms with Crippen LogP contribution >= 0.6 is 0 Å². The number of morpholine rings is 1. The Balaban J connectivity index is 1.10. The summed E-state index contributed by atoms with van der Waals surface area (Å²) in [5, 5.41) is 2.32. The number of piperidine rings is 1. The molecule has 1 unspecified atom stereocenters. The normalized spacial score (nSPS) is 19.8. The van der Waals surface area contributed by atoms with Crippen molar-refractivity contribution in [1.82, 2.24) is 15.1 Å². The van der Waals surface area contributed by atoms with Crippen LogP contribution in [-0.4, -0.2) is 78.8 Å². The minimum atomic E-state index is -0.628. The number of hydrogen-bond acceptors (Lipinski definition) is 7. The van der Waals surface area contributed by atoms with Gasteiger partial charge in [0.1, 0.15) is 24.2 Å². The van der Waals surface area contributed by atoms with Crippen LogP contribution in [0.25, 0.3) is 0 Å². The van der Waals surface area contributed by atoms with Gasteiger partial charge in [0.2, 0.25) is 11.8 Å². The number of ether oxygens (including phenoxy) is 2. The summed E-state index contributed by atoms with van der Waals surface area (Å²) in [6, 6.07) is 12.7. The fourth-order valence-electron chi connectivity index (χ4n) is 5.25. The van der Waals surface area contributed by atoms with Crippen molar-refractivity contribution in [2.75, 3.05) is 39.5 Å².